The van der Waals surface area contributed by atoms with Crippen molar-refractivity contribution in [3.63, 3.8) is 0 Å². The smallest absolute Gasteiger partial charge is 0.138 e. The van der Waals surface area contributed by atoms with Gasteiger partial charge in [-0.3, -0.25) is 4.79 Å². The fourth-order valence-electron chi connectivity index (χ4n) is 1.63. The van der Waals surface area contributed by atoms with Crippen molar-refractivity contribution in [2.75, 3.05) is 6.54 Å². The average molecular weight is 111 g/mol. The first-order valence-electron chi connectivity index (χ1n) is 3.12. The molecule has 44 valence electrons. The quantitative estimate of drug-likeness (QED) is 0.474. The summed E-state index contributed by atoms with van der Waals surface area (Å²) in [5.74, 6) is 0.869. The Kier molecular flexibility index (Phi) is 0.742. The van der Waals surface area contributed by atoms with E-state index in [4.69, 9.17) is 0 Å². The van der Waals surface area contributed by atoms with Gasteiger partial charge in [-0.2, -0.15) is 0 Å². The van der Waals surface area contributed by atoms with Crippen LogP contribution in [0.1, 0.15) is 12.8 Å². The number of ketones is 1. The highest BCUT2D eigenvalue weighted by Crippen LogP contribution is 2.26. The van der Waals surface area contributed by atoms with Crippen molar-refractivity contribution in [2.45, 2.75) is 18.9 Å². The number of piperidine rings is 1. The van der Waals surface area contributed by atoms with E-state index in [9.17, 15) is 4.79 Å². The minimum atomic E-state index is 0.389. The van der Waals surface area contributed by atoms with Crippen LogP contribution < -0.4 is 5.32 Å². The van der Waals surface area contributed by atoms with Crippen molar-refractivity contribution >= 4 is 5.78 Å². The van der Waals surface area contributed by atoms with E-state index < -0.39 is 0 Å². The summed E-state index contributed by atoms with van der Waals surface area (Å²) >= 11 is 0. The molecule has 2 rings (SSSR count). The van der Waals surface area contributed by atoms with Crippen molar-refractivity contribution in [1.82, 2.24) is 5.32 Å². The molecule has 2 fully saturated rings. The molecule has 8 heavy (non-hydrogen) atoms. The molecule has 2 heteroatoms. The van der Waals surface area contributed by atoms with E-state index in [0.29, 0.717) is 17.7 Å². The fraction of sp³-hybridized carbons (Fsp3) is 0.833. The maximum Gasteiger partial charge on any atom is 0.138 e. The Morgan fingerprint density at radius 1 is 1.62 bits per heavy atom. The molecule has 0 aromatic rings. The highest BCUT2D eigenvalue weighted by atomic mass is 16.1. The highest BCUT2D eigenvalue weighted by Gasteiger charge is 2.37. The maximum atomic E-state index is 10.8. The molecule has 0 spiro atoms. The normalized spacial score (nSPS) is 43.8. The van der Waals surface area contributed by atoms with Crippen LogP contribution in [-0.4, -0.2) is 18.4 Å². The van der Waals surface area contributed by atoms with Crippen LogP contribution in [0.25, 0.3) is 0 Å². The van der Waals surface area contributed by atoms with Gasteiger partial charge in [-0.05, 0) is 6.42 Å². The second-order valence-electron chi connectivity index (χ2n) is 2.71. The van der Waals surface area contributed by atoms with Crippen LogP contribution in [0.4, 0.5) is 0 Å². The van der Waals surface area contributed by atoms with Crippen LogP contribution in [0.15, 0.2) is 0 Å². The van der Waals surface area contributed by atoms with Crippen molar-refractivity contribution in [3.8, 4) is 0 Å². The lowest BCUT2D eigenvalue weighted by Gasteiger charge is -2.07. The standard InChI is InChI=1S/C6H9NO/c8-6-2-5-1-4(6)3-7-5/h4-5,7H,1-3H2/t4-,5+/m0/s1. The first-order chi connectivity index (χ1) is 3.86. The van der Waals surface area contributed by atoms with Crippen LogP contribution >= 0.6 is 0 Å². The monoisotopic (exact) mass is 111 g/mol. The molecule has 1 N–H and O–H groups in total. The van der Waals surface area contributed by atoms with E-state index in [1.807, 2.05) is 0 Å². The van der Waals surface area contributed by atoms with E-state index >= 15 is 0 Å². The van der Waals surface area contributed by atoms with Crippen molar-refractivity contribution in [1.29, 1.82) is 0 Å². The second kappa shape index (κ2) is 1.32. The molecule has 1 saturated heterocycles. The van der Waals surface area contributed by atoms with E-state index in [1.165, 1.54) is 0 Å². The first kappa shape index (κ1) is 4.50. The third-order valence-electron chi connectivity index (χ3n) is 2.12. The third kappa shape index (κ3) is 0.436. The molecule has 1 aliphatic carbocycles. The molecule has 1 heterocycles. The van der Waals surface area contributed by atoms with Gasteiger partial charge in [0.2, 0.25) is 0 Å². The molecular weight excluding hydrogens is 102 g/mol. The Balaban J connectivity index is 2.22. The Bertz CT molecular complexity index is 132. The first-order valence-corrected chi connectivity index (χ1v) is 3.12. The Morgan fingerprint density at radius 2 is 2.50 bits per heavy atom. The molecule has 0 unspecified atom stereocenters. The number of Topliss-reactive ketones (excluding diaryl/α,β-unsaturated/α-hetero) is 1. The van der Waals surface area contributed by atoms with Gasteiger partial charge in [-0.15, -0.1) is 0 Å². The fourth-order valence-corrected chi connectivity index (χ4v) is 1.63. The molecule has 1 saturated carbocycles. The Hall–Kier alpha value is -0.370. The number of fused-ring (bicyclic) bond motifs is 2. The van der Waals surface area contributed by atoms with Gasteiger partial charge < -0.3 is 5.32 Å². The maximum absolute atomic E-state index is 10.8. The number of rotatable bonds is 0. The molecule has 1 aliphatic heterocycles. The summed E-state index contributed by atoms with van der Waals surface area (Å²) < 4.78 is 0. The molecule has 0 aromatic carbocycles. The number of carbonyl (C=O) groups is 1. The second-order valence-corrected chi connectivity index (χ2v) is 2.71. The number of hydrogen-bond acceptors (Lipinski definition) is 2. The van der Waals surface area contributed by atoms with Crippen LogP contribution in [0.5, 0.6) is 0 Å². The van der Waals surface area contributed by atoms with Crippen molar-refractivity contribution < 1.29 is 4.79 Å². The van der Waals surface area contributed by atoms with Gasteiger partial charge in [0.15, 0.2) is 0 Å². The van der Waals surface area contributed by atoms with E-state index in [0.717, 1.165) is 19.4 Å². The Morgan fingerprint density at radius 3 is 2.75 bits per heavy atom. The minimum absolute atomic E-state index is 0.389. The van der Waals surface area contributed by atoms with Crippen molar-refractivity contribution in [3.05, 3.63) is 0 Å². The van der Waals surface area contributed by atoms with Crippen molar-refractivity contribution in [2.24, 2.45) is 5.92 Å². The zero-order valence-electron chi connectivity index (χ0n) is 4.68. The number of nitrogens with one attached hydrogen (secondary N) is 1. The lowest BCUT2D eigenvalue weighted by atomic mass is 10.1. The van der Waals surface area contributed by atoms with E-state index in [2.05, 4.69) is 5.32 Å². The predicted molar refractivity (Wildman–Crippen MR) is 29.5 cm³/mol. The molecule has 2 nitrogen and oxygen atoms in total. The summed E-state index contributed by atoms with van der Waals surface area (Å²) in [5.41, 5.74) is 0. The summed E-state index contributed by atoms with van der Waals surface area (Å²) in [5, 5.41) is 3.27. The summed E-state index contributed by atoms with van der Waals surface area (Å²) in [4.78, 5) is 10.8. The Labute approximate surface area is 48.3 Å². The van der Waals surface area contributed by atoms with Gasteiger partial charge in [-0.25, -0.2) is 0 Å². The average Bonchev–Trinajstić information content (AvgIpc) is 2.23. The molecule has 2 aliphatic rings. The van der Waals surface area contributed by atoms with Gasteiger partial charge in [0.25, 0.3) is 0 Å². The topological polar surface area (TPSA) is 29.1 Å². The predicted octanol–water partition coefficient (Wildman–Crippen LogP) is -0.0627. The molecule has 0 amide bonds. The lowest BCUT2D eigenvalue weighted by Crippen LogP contribution is -2.29. The molecule has 2 atom stereocenters. The largest absolute Gasteiger partial charge is 0.313 e. The van der Waals surface area contributed by atoms with Crippen LogP contribution in [0, 0.1) is 5.92 Å². The van der Waals surface area contributed by atoms with Gasteiger partial charge in [0.05, 0.1) is 0 Å². The van der Waals surface area contributed by atoms with Crippen LogP contribution in [-0.2, 0) is 4.79 Å². The highest BCUT2D eigenvalue weighted by molar-refractivity contribution is 5.85. The van der Waals surface area contributed by atoms with Gasteiger partial charge in [-0.1, -0.05) is 0 Å². The summed E-state index contributed by atoms with van der Waals surface area (Å²) in [6.45, 7) is 0.948. The number of carbonyl (C=O) groups excluding carboxylic acids is 1. The number of hydrogen-bond donors (Lipinski definition) is 1. The molecule has 0 radical (unpaired) electrons. The summed E-state index contributed by atoms with van der Waals surface area (Å²) in [6, 6.07) is 0.549. The van der Waals surface area contributed by atoms with E-state index in [-0.39, 0.29) is 0 Å². The van der Waals surface area contributed by atoms with Gasteiger partial charge in [0.1, 0.15) is 5.78 Å². The minimum Gasteiger partial charge on any atom is -0.313 e. The zero-order chi connectivity index (χ0) is 5.56. The molecular formula is C6H9NO. The lowest BCUT2D eigenvalue weighted by molar-refractivity contribution is -0.121. The van der Waals surface area contributed by atoms with Crippen LogP contribution in [0.3, 0.4) is 0 Å². The SMILES string of the molecule is O=C1C[C@H]2C[C@H]1CN2. The molecule has 2 bridgehead atoms. The molecule has 0 aromatic heterocycles. The third-order valence-corrected chi connectivity index (χ3v) is 2.12. The van der Waals surface area contributed by atoms with E-state index in [1.54, 1.807) is 0 Å². The zero-order valence-corrected chi connectivity index (χ0v) is 4.68. The van der Waals surface area contributed by atoms with Gasteiger partial charge >= 0.3 is 0 Å². The van der Waals surface area contributed by atoms with Crippen LogP contribution in [0.2, 0.25) is 0 Å². The summed E-state index contributed by atoms with van der Waals surface area (Å²) in [6.07, 6.45) is 1.91. The van der Waals surface area contributed by atoms with Gasteiger partial charge in [0, 0.05) is 24.9 Å². The summed E-state index contributed by atoms with van der Waals surface area (Å²) in [7, 11) is 0.